The van der Waals surface area contributed by atoms with E-state index in [4.69, 9.17) is 13.7 Å². The minimum absolute atomic E-state index is 0.119. The Morgan fingerprint density at radius 3 is 2.26 bits per heavy atom. The largest absolute Gasteiger partial charge is 0.466 e. The fourth-order valence-electron chi connectivity index (χ4n) is 2.86. The van der Waals surface area contributed by atoms with Crippen LogP contribution in [-0.4, -0.2) is 39.9 Å². The molecule has 0 fully saturated rings. The molecule has 0 heterocycles. The van der Waals surface area contributed by atoms with Crippen molar-refractivity contribution >= 4 is 22.2 Å². The van der Waals surface area contributed by atoms with Gasteiger partial charge in [-0.15, -0.1) is 0 Å². The van der Waals surface area contributed by atoms with Gasteiger partial charge in [-0.05, 0) is 42.5 Å². The molecule has 0 aliphatic carbocycles. The SMILES string of the molecule is CCOC(=O)CC(CNC(=O)OCc1ccccc1)Cc1ccc(OS(C)(=O)=O)cc1. The lowest BCUT2D eigenvalue weighted by atomic mass is 9.96. The standard InChI is InChI=1S/C22H27NO7S/c1-3-28-21(24)14-19(13-17-9-11-20(12-10-17)30-31(2,26)27)15-23-22(25)29-16-18-7-5-4-6-8-18/h4-12,19H,3,13-16H2,1-2H3,(H,23,25). The van der Waals surface area contributed by atoms with Gasteiger partial charge < -0.3 is 19.0 Å². The van der Waals surface area contributed by atoms with E-state index < -0.39 is 16.2 Å². The van der Waals surface area contributed by atoms with Gasteiger partial charge in [-0.3, -0.25) is 4.79 Å². The molecule has 0 bridgehead atoms. The van der Waals surface area contributed by atoms with Crippen LogP contribution in [0.1, 0.15) is 24.5 Å². The third kappa shape index (κ3) is 9.99. The van der Waals surface area contributed by atoms with Crippen LogP contribution in [0.4, 0.5) is 4.79 Å². The van der Waals surface area contributed by atoms with Gasteiger partial charge in [0, 0.05) is 6.54 Å². The third-order valence-electron chi connectivity index (χ3n) is 4.20. The smallest absolute Gasteiger partial charge is 0.407 e. The lowest BCUT2D eigenvalue weighted by Gasteiger charge is -2.17. The molecule has 0 spiro atoms. The minimum atomic E-state index is -3.60. The summed E-state index contributed by atoms with van der Waals surface area (Å²) < 4.78 is 37.5. The van der Waals surface area contributed by atoms with E-state index in [9.17, 15) is 18.0 Å². The molecule has 0 saturated heterocycles. The Bertz CT molecular complexity index is 944. The Morgan fingerprint density at radius 2 is 1.65 bits per heavy atom. The van der Waals surface area contributed by atoms with Crippen molar-refractivity contribution in [2.75, 3.05) is 19.4 Å². The van der Waals surface area contributed by atoms with Crippen LogP contribution in [0, 0.1) is 5.92 Å². The van der Waals surface area contributed by atoms with E-state index in [2.05, 4.69) is 5.32 Å². The average Bonchev–Trinajstić information content (AvgIpc) is 2.72. The van der Waals surface area contributed by atoms with Gasteiger partial charge in [-0.2, -0.15) is 8.42 Å². The van der Waals surface area contributed by atoms with Crippen molar-refractivity contribution in [3.05, 3.63) is 65.7 Å². The molecule has 0 radical (unpaired) electrons. The quantitative estimate of drug-likeness (QED) is 0.415. The molecule has 2 rings (SSSR count). The zero-order chi connectivity index (χ0) is 22.7. The number of carbonyl (C=O) groups excluding carboxylic acids is 2. The summed E-state index contributed by atoms with van der Waals surface area (Å²) in [6.07, 6.45) is 0.985. The first kappa shape index (κ1) is 24.2. The Morgan fingerprint density at radius 1 is 0.968 bits per heavy atom. The molecule has 31 heavy (non-hydrogen) atoms. The topological polar surface area (TPSA) is 108 Å². The summed E-state index contributed by atoms with van der Waals surface area (Å²) in [6, 6.07) is 15.8. The number of amides is 1. The molecule has 2 aromatic carbocycles. The molecule has 1 unspecified atom stereocenters. The van der Waals surface area contributed by atoms with E-state index in [-0.39, 0.29) is 43.8 Å². The first-order valence-electron chi connectivity index (χ1n) is 9.83. The number of hydrogen-bond acceptors (Lipinski definition) is 7. The van der Waals surface area contributed by atoms with Gasteiger partial charge in [0.25, 0.3) is 0 Å². The van der Waals surface area contributed by atoms with Crippen LogP contribution >= 0.6 is 0 Å². The summed E-state index contributed by atoms with van der Waals surface area (Å²) in [6.45, 7) is 2.37. The number of ether oxygens (including phenoxy) is 2. The predicted molar refractivity (Wildman–Crippen MR) is 115 cm³/mol. The predicted octanol–water partition coefficient (Wildman–Crippen LogP) is 3.06. The molecule has 0 aromatic heterocycles. The number of alkyl carbamates (subject to hydrolysis) is 1. The molecule has 1 N–H and O–H groups in total. The summed E-state index contributed by atoms with van der Waals surface area (Å²) in [7, 11) is -3.60. The summed E-state index contributed by atoms with van der Waals surface area (Å²) in [5.74, 6) is -0.384. The number of benzene rings is 2. The molecule has 1 amide bonds. The number of esters is 1. The molecule has 8 nitrogen and oxygen atoms in total. The lowest BCUT2D eigenvalue weighted by Crippen LogP contribution is -2.32. The average molecular weight is 450 g/mol. The van der Waals surface area contributed by atoms with Crippen molar-refractivity contribution < 1.29 is 31.7 Å². The highest BCUT2D eigenvalue weighted by Crippen LogP contribution is 2.18. The highest BCUT2D eigenvalue weighted by molar-refractivity contribution is 7.86. The van der Waals surface area contributed by atoms with Gasteiger partial charge in [0.2, 0.25) is 0 Å². The molecule has 0 aliphatic rings. The van der Waals surface area contributed by atoms with Crippen molar-refractivity contribution in [1.82, 2.24) is 5.32 Å². The monoisotopic (exact) mass is 449 g/mol. The Kier molecular flexibility index (Phi) is 9.33. The summed E-state index contributed by atoms with van der Waals surface area (Å²) in [4.78, 5) is 24.0. The number of carbonyl (C=O) groups is 2. The second-order valence-corrected chi connectivity index (χ2v) is 8.53. The Labute approximate surface area is 182 Å². The van der Waals surface area contributed by atoms with E-state index in [1.165, 1.54) is 0 Å². The van der Waals surface area contributed by atoms with Crippen LogP contribution < -0.4 is 9.50 Å². The van der Waals surface area contributed by atoms with E-state index in [0.717, 1.165) is 17.4 Å². The number of nitrogens with one attached hydrogen (secondary N) is 1. The van der Waals surface area contributed by atoms with E-state index >= 15 is 0 Å². The maximum atomic E-state index is 12.0. The van der Waals surface area contributed by atoms with Crippen LogP contribution in [-0.2, 0) is 37.4 Å². The van der Waals surface area contributed by atoms with E-state index in [1.54, 1.807) is 31.2 Å². The van der Waals surface area contributed by atoms with E-state index in [0.29, 0.717) is 6.42 Å². The van der Waals surface area contributed by atoms with Crippen LogP contribution in [0.3, 0.4) is 0 Å². The third-order valence-corrected chi connectivity index (χ3v) is 4.70. The molecular formula is C22H27NO7S. The maximum Gasteiger partial charge on any atom is 0.407 e. The molecule has 9 heteroatoms. The van der Waals surface area contributed by atoms with Crippen molar-refractivity contribution in [3.8, 4) is 5.75 Å². The first-order valence-corrected chi connectivity index (χ1v) is 11.7. The highest BCUT2D eigenvalue weighted by atomic mass is 32.2. The van der Waals surface area contributed by atoms with Gasteiger partial charge in [0.15, 0.2) is 0 Å². The van der Waals surface area contributed by atoms with Gasteiger partial charge in [-0.25, -0.2) is 4.79 Å². The zero-order valence-corrected chi connectivity index (χ0v) is 18.4. The maximum absolute atomic E-state index is 12.0. The molecule has 1 atom stereocenters. The van der Waals surface area contributed by atoms with Crippen LogP contribution in [0.15, 0.2) is 54.6 Å². The van der Waals surface area contributed by atoms with E-state index in [1.807, 2.05) is 30.3 Å². The fraction of sp³-hybridized carbons (Fsp3) is 0.364. The number of hydrogen-bond donors (Lipinski definition) is 1. The lowest BCUT2D eigenvalue weighted by molar-refractivity contribution is -0.144. The van der Waals surface area contributed by atoms with Gasteiger partial charge in [0.05, 0.1) is 19.3 Å². The van der Waals surface area contributed by atoms with Crippen LogP contribution in [0.2, 0.25) is 0 Å². The van der Waals surface area contributed by atoms with Crippen molar-refractivity contribution in [3.63, 3.8) is 0 Å². The van der Waals surface area contributed by atoms with Crippen molar-refractivity contribution in [1.29, 1.82) is 0 Å². The first-order chi connectivity index (χ1) is 14.7. The molecule has 0 saturated carbocycles. The zero-order valence-electron chi connectivity index (χ0n) is 17.6. The van der Waals surface area contributed by atoms with Crippen molar-refractivity contribution in [2.45, 2.75) is 26.4 Å². The summed E-state index contributed by atoms with van der Waals surface area (Å²) >= 11 is 0. The Hall–Kier alpha value is -3.07. The van der Waals surface area contributed by atoms with Gasteiger partial charge in [0.1, 0.15) is 12.4 Å². The van der Waals surface area contributed by atoms with Crippen molar-refractivity contribution in [2.24, 2.45) is 5.92 Å². The Balaban J connectivity index is 1.93. The normalized spacial score (nSPS) is 11.9. The summed E-state index contributed by atoms with van der Waals surface area (Å²) in [5.41, 5.74) is 1.73. The van der Waals surface area contributed by atoms with Crippen LogP contribution in [0.5, 0.6) is 5.75 Å². The molecule has 168 valence electrons. The number of rotatable bonds is 11. The van der Waals surface area contributed by atoms with Gasteiger partial charge >= 0.3 is 22.2 Å². The summed E-state index contributed by atoms with van der Waals surface area (Å²) in [5, 5.41) is 2.69. The molecular weight excluding hydrogens is 422 g/mol. The minimum Gasteiger partial charge on any atom is -0.466 e. The molecule has 0 aliphatic heterocycles. The fourth-order valence-corrected chi connectivity index (χ4v) is 3.32. The highest BCUT2D eigenvalue weighted by Gasteiger charge is 2.17. The second-order valence-electron chi connectivity index (χ2n) is 6.95. The van der Waals surface area contributed by atoms with Crippen LogP contribution in [0.25, 0.3) is 0 Å². The van der Waals surface area contributed by atoms with Gasteiger partial charge in [-0.1, -0.05) is 42.5 Å². The molecule has 2 aromatic rings. The second kappa shape index (κ2) is 11.9.